The van der Waals surface area contributed by atoms with Crippen LogP contribution in [0.2, 0.25) is 0 Å². The third-order valence-electron chi connectivity index (χ3n) is 2.13. The Morgan fingerprint density at radius 1 is 1.46 bits per heavy atom. The molecule has 3 N–H and O–H groups in total. The second-order valence-corrected chi connectivity index (χ2v) is 3.09. The smallest absolute Gasteiger partial charge is 0.265 e. The lowest BCUT2D eigenvalue weighted by molar-refractivity contribution is 0.0996. The number of amides is 1. The van der Waals surface area contributed by atoms with Gasteiger partial charge in [-0.3, -0.25) is 4.79 Å². The van der Waals surface area contributed by atoms with Gasteiger partial charge in [-0.1, -0.05) is 18.2 Å². The number of aryl methyl sites for hydroxylation is 1. The van der Waals surface area contributed by atoms with E-state index in [-0.39, 0.29) is 0 Å². The molecule has 1 aromatic carbocycles. The van der Waals surface area contributed by atoms with Crippen molar-refractivity contribution in [2.45, 2.75) is 6.92 Å². The lowest BCUT2D eigenvalue weighted by atomic mass is 10.2. The van der Waals surface area contributed by atoms with E-state index in [9.17, 15) is 4.79 Å². The van der Waals surface area contributed by atoms with Gasteiger partial charge < -0.3 is 10.7 Å². The summed E-state index contributed by atoms with van der Waals surface area (Å²) in [6.07, 6.45) is 0. The minimum atomic E-state index is -0.421. The number of benzene rings is 1. The van der Waals surface area contributed by atoms with Crippen LogP contribution in [-0.4, -0.2) is 10.9 Å². The topological polar surface area (TPSA) is 58.9 Å². The van der Waals surface area contributed by atoms with Gasteiger partial charge in [0.05, 0.1) is 0 Å². The van der Waals surface area contributed by atoms with Gasteiger partial charge in [0.2, 0.25) is 0 Å². The molecule has 0 aliphatic heterocycles. The van der Waals surface area contributed by atoms with Crippen LogP contribution in [0.15, 0.2) is 24.3 Å². The second-order valence-electron chi connectivity index (χ2n) is 3.09. The molecule has 0 saturated carbocycles. The molecule has 0 aliphatic carbocycles. The van der Waals surface area contributed by atoms with Crippen molar-refractivity contribution < 1.29 is 4.79 Å². The summed E-state index contributed by atoms with van der Waals surface area (Å²) in [7, 11) is 0. The molecule has 3 nitrogen and oxygen atoms in total. The number of rotatable bonds is 1. The summed E-state index contributed by atoms with van der Waals surface area (Å²) in [6, 6.07) is 7.66. The van der Waals surface area contributed by atoms with Crippen molar-refractivity contribution in [3.8, 4) is 0 Å². The van der Waals surface area contributed by atoms with Crippen LogP contribution in [0.5, 0.6) is 0 Å². The highest BCUT2D eigenvalue weighted by molar-refractivity contribution is 5.97. The Labute approximate surface area is 75.6 Å². The van der Waals surface area contributed by atoms with Crippen LogP contribution in [0.25, 0.3) is 10.9 Å². The molecule has 0 bridgehead atoms. The van der Waals surface area contributed by atoms with Crippen molar-refractivity contribution in [1.82, 2.24) is 4.98 Å². The number of carbonyl (C=O) groups excluding carboxylic acids is 1. The third-order valence-corrected chi connectivity index (χ3v) is 2.13. The lowest BCUT2D eigenvalue weighted by Gasteiger charge is -1.93. The van der Waals surface area contributed by atoms with Gasteiger partial charge in [-0.2, -0.15) is 0 Å². The number of hydrogen-bond acceptors (Lipinski definition) is 1. The first-order chi connectivity index (χ1) is 6.18. The number of primary amides is 1. The van der Waals surface area contributed by atoms with E-state index in [0.717, 1.165) is 16.5 Å². The number of aromatic nitrogens is 1. The zero-order valence-corrected chi connectivity index (χ0v) is 7.29. The summed E-state index contributed by atoms with van der Waals surface area (Å²) >= 11 is 0. The van der Waals surface area contributed by atoms with E-state index >= 15 is 0 Å². The zero-order valence-electron chi connectivity index (χ0n) is 7.29. The van der Waals surface area contributed by atoms with Crippen molar-refractivity contribution in [3.05, 3.63) is 35.5 Å². The molecule has 0 radical (unpaired) electrons. The van der Waals surface area contributed by atoms with Gasteiger partial charge in [0.25, 0.3) is 5.91 Å². The fourth-order valence-corrected chi connectivity index (χ4v) is 1.44. The van der Waals surface area contributed by atoms with Gasteiger partial charge in [0.15, 0.2) is 0 Å². The van der Waals surface area contributed by atoms with Crippen molar-refractivity contribution in [2.75, 3.05) is 0 Å². The maximum Gasteiger partial charge on any atom is 0.265 e. The van der Waals surface area contributed by atoms with Gasteiger partial charge in [-0.15, -0.1) is 0 Å². The van der Waals surface area contributed by atoms with Crippen LogP contribution in [0.3, 0.4) is 0 Å². The fourth-order valence-electron chi connectivity index (χ4n) is 1.44. The third kappa shape index (κ3) is 1.18. The van der Waals surface area contributed by atoms with Crippen molar-refractivity contribution in [1.29, 1.82) is 0 Å². The lowest BCUT2D eigenvalue weighted by Crippen LogP contribution is -2.10. The number of nitrogens with two attached hydrogens (primary N) is 1. The highest BCUT2D eigenvalue weighted by Gasteiger charge is 2.05. The maximum atomic E-state index is 10.9. The molecule has 0 fully saturated rings. The van der Waals surface area contributed by atoms with Crippen LogP contribution in [0, 0.1) is 6.92 Å². The average molecular weight is 174 g/mol. The van der Waals surface area contributed by atoms with Crippen molar-refractivity contribution >= 4 is 16.8 Å². The molecular formula is C10H10N2O. The van der Waals surface area contributed by atoms with E-state index in [1.807, 2.05) is 25.1 Å². The Balaban J connectivity index is 2.75. The first-order valence-electron chi connectivity index (χ1n) is 4.06. The molecular weight excluding hydrogens is 164 g/mol. The number of hydrogen-bond donors (Lipinski definition) is 2. The Morgan fingerprint density at radius 2 is 2.23 bits per heavy atom. The molecule has 13 heavy (non-hydrogen) atoms. The highest BCUT2D eigenvalue weighted by Crippen LogP contribution is 2.18. The zero-order chi connectivity index (χ0) is 9.42. The SMILES string of the molecule is Cc1cccc2cc(C(N)=O)[nH]c12. The minimum Gasteiger partial charge on any atom is -0.364 e. The molecule has 1 amide bonds. The normalized spacial score (nSPS) is 10.5. The van der Waals surface area contributed by atoms with Gasteiger partial charge >= 0.3 is 0 Å². The van der Waals surface area contributed by atoms with Crippen LogP contribution < -0.4 is 5.73 Å². The van der Waals surface area contributed by atoms with Crippen molar-refractivity contribution in [3.63, 3.8) is 0 Å². The molecule has 0 saturated heterocycles. The fraction of sp³-hybridized carbons (Fsp3) is 0.100. The summed E-state index contributed by atoms with van der Waals surface area (Å²) in [5.41, 5.74) is 7.72. The molecule has 0 spiro atoms. The van der Waals surface area contributed by atoms with E-state index in [1.165, 1.54) is 0 Å². The molecule has 0 aliphatic rings. The molecule has 0 unspecified atom stereocenters. The molecule has 2 aromatic rings. The molecule has 0 atom stereocenters. The van der Waals surface area contributed by atoms with Crippen LogP contribution in [-0.2, 0) is 0 Å². The summed E-state index contributed by atoms with van der Waals surface area (Å²) in [5.74, 6) is -0.421. The first kappa shape index (κ1) is 7.86. The molecule has 3 heteroatoms. The van der Waals surface area contributed by atoms with E-state index < -0.39 is 5.91 Å². The van der Waals surface area contributed by atoms with Gasteiger partial charge in [0, 0.05) is 10.9 Å². The van der Waals surface area contributed by atoms with Crippen LogP contribution in [0.1, 0.15) is 16.1 Å². The second kappa shape index (κ2) is 2.62. The summed E-state index contributed by atoms with van der Waals surface area (Å²) in [6.45, 7) is 1.99. The number of nitrogens with one attached hydrogen (secondary N) is 1. The summed E-state index contributed by atoms with van der Waals surface area (Å²) in [5, 5.41) is 1.02. The Bertz CT molecular complexity index is 471. The first-order valence-corrected chi connectivity index (χ1v) is 4.06. The predicted octanol–water partition coefficient (Wildman–Crippen LogP) is 1.58. The Kier molecular flexibility index (Phi) is 1.59. The maximum absolute atomic E-state index is 10.9. The Morgan fingerprint density at radius 3 is 2.85 bits per heavy atom. The molecule has 66 valence electrons. The monoisotopic (exact) mass is 174 g/mol. The highest BCUT2D eigenvalue weighted by atomic mass is 16.1. The summed E-state index contributed by atoms with van der Waals surface area (Å²) in [4.78, 5) is 13.9. The summed E-state index contributed by atoms with van der Waals surface area (Å²) < 4.78 is 0. The van der Waals surface area contributed by atoms with E-state index in [0.29, 0.717) is 5.69 Å². The van der Waals surface area contributed by atoms with E-state index in [2.05, 4.69) is 4.98 Å². The largest absolute Gasteiger partial charge is 0.364 e. The minimum absolute atomic E-state index is 0.421. The van der Waals surface area contributed by atoms with Crippen LogP contribution >= 0.6 is 0 Å². The van der Waals surface area contributed by atoms with Gasteiger partial charge in [0.1, 0.15) is 5.69 Å². The predicted molar refractivity (Wildman–Crippen MR) is 51.6 cm³/mol. The van der Waals surface area contributed by atoms with Gasteiger partial charge in [-0.05, 0) is 18.6 Å². The van der Waals surface area contributed by atoms with Gasteiger partial charge in [-0.25, -0.2) is 0 Å². The number of H-pyrrole nitrogens is 1. The molecule has 1 aromatic heterocycles. The molecule has 1 heterocycles. The number of fused-ring (bicyclic) bond motifs is 1. The number of para-hydroxylation sites is 1. The quantitative estimate of drug-likeness (QED) is 0.677. The van der Waals surface area contributed by atoms with Crippen LogP contribution in [0.4, 0.5) is 0 Å². The standard InChI is InChI=1S/C10H10N2O/c1-6-3-2-4-7-5-8(10(11)13)12-9(6)7/h2-5,12H,1H3,(H2,11,13). The Hall–Kier alpha value is -1.77. The average Bonchev–Trinajstić information content (AvgIpc) is 2.49. The molecule has 2 rings (SSSR count). The number of aromatic amines is 1. The number of carbonyl (C=O) groups is 1. The van der Waals surface area contributed by atoms with E-state index in [1.54, 1.807) is 6.07 Å². The van der Waals surface area contributed by atoms with Crippen molar-refractivity contribution in [2.24, 2.45) is 5.73 Å². The van der Waals surface area contributed by atoms with E-state index in [4.69, 9.17) is 5.73 Å².